The van der Waals surface area contributed by atoms with Gasteiger partial charge in [0.1, 0.15) is 0 Å². The first-order valence-electron chi connectivity index (χ1n) is 6.81. The number of aliphatic hydroxyl groups is 1. The summed E-state index contributed by atoms with van der Waals surface area (Å²) in [6.45, 7) is 1.78. The molecule has 0 spiro atoms. The fourth-order valence-electron chi connectivity index (χ4n) is 2.23. The molecule has 1 aliphatic heterocycles. The second-order valence-electron chi connectivity index (χ2n) is 4.83. The first kappa shape index (κ1) is 15.1. The van der Waals surface area contributed by atoms with E-state index in [1.165, 1.54) is 0 Å². The Morgan fingerprint density at radius 2 is 1.76 bits per heavy atom. The molecule has 1 saturated heterocycles. The van der Waals surface area contributed by atoms with Crippen LogP contribution < -0.4 is 10.2 Å². The largest absolute Gasteiger partial charge is 0.480 e. The molecule has 1 aromatic carbocycles. The molecular formula is C14H19N3O4. The molecule has 1 fully saturated rings. The highest BCUT2D eigenvalue weighted by Crippen LogP contribution is 2.15. The van der Waals surface area contributed by atoms with E-state index in [-0.39, 0.29) is 0 Å². The summed E-state index contributed by atoms with van der Waals surface area (Å²) in [4.78, 5) is 26.5. The van der Waals surface area contributed by atoms with E-state index in [1.807, 2.05) is 30.3 Å². The highest BCUT2D eigenvalue weighted by atomic mass is 16.4. The van der Waals surface area contributed by atoms with Crippen molar-refractivity contribution < 1.29 is 19.8 Å². The number of aliphatic carboxylic acids is 1. The van der Waals surface area contributed by atoms with Crippen LogP contribution in [0.5, 0.6) is 0 Å². The van der Waals surface area contributed by atoms with Crippen LogP contribution in [0.15, 0.2) is 30.3 Å². The number of carbonyl (C=O) groups excluding carboxylic acids is 1. The van der Waals surface area contributed by atoms with Crippen LogP contribution in [0.1, 0.15) is 0 Å². The van der Waals surface area contributed by atoms with Gasteiger partial charge in [0.2, 0.25) is 0 Å². The number of urea groups is 1. The van der Waals surface area contributed by atoms with Gasteiger partial charge in [-0.15, -0.1) is 0 Å². The van der Waals surface area contributed by atoms with Crippen molar-refractivity contribution in [2.24, 2.45) is 0 Å². The molecular weight excluding hydrogens is 274 g/mol. The summed E-state index contributed by atoms with van der Waals surface area (Å²) in [5.74, 6) is -1.24. The maximum absolute atomic E-state index is 11.9. The molecule has 3 N–H and O–H groups in total. The van der Waals surface area contributed by atoms with Crippen molar-refractivity contribution in [3.63, 3.8) is 0 Å². The van der Waals surface area contributed by atoms with E-state index in [4.69, 9.17) is 10.2 Å². The van der Waals surface area contributed by atoms with E-state index >= 15 is 0 Å². The zero-order valence-electron chi connectivity index (χ0n) is 11.6. The molecule has 7 heteroatoms. The quantitative estimate of drug-likeness (QED) is 0.724. The van der Waals surface area contributed by atoms with Crippen molar-refractivity contribution in [1.82, 2.24) is 10.2 Å². The van der Waals surface area contributed by atoms with Crippen LogP contribution in [0, 0.1) is 0 Å². The number of carboxylic acid groups (broad SMARTS) is 1. The lowest BCUT2D eigenvalue weighted by Gasteiger charge is -2.36. The fraction of sp³-hybridized carbons (Fsp3) is 0.429. The predicted octanol–water partition coefficient (Wildman–Crippen LogP) is -0.0363. The lowest BCUT2D eigenvalue weighted by atomic mass is 10.2. The summed E-state index contributed by atoms with van der Waals surface area (Å²) in [6.07, 6.45) is 0. The second-order valence-corrected chi connectivity index (χ2v) is 4.83. The number of benzene rings is 1. The monoisotopic (exact) mass is 293 g/mol. The minimum absolute atomic E-state index is 0.454. The van der Waals surface area contributed by atoms with Crippen LogP contribution in [0.4, 0.5) is 10.5 Å². The molecule has 21 heavy (non-hydrogen) atoms. The molecule has 2 rings (SSSR count). The molecule has 7 nitrogen and oxygen atoms in total. The van der Waals surface area contributed by atoms with Gasteiger partial charge in [-0.25, -0.2) is 9.59 Å². The van der Waals surface area contributed by atoms with Crippen LogP contribution >= 0.6 is 0 Å². The standard InChI is InChI=1S/C14H19N3O4/c18-10-12(13(19)20)15-14(21)17-8-6-16(7-9-17)11-4-2-1-3-5-11/h1-5,12,18H,6-10H2,(H,15,21)(H,19,20)/t12-/m0/s1. The minimum atomic E-state index is -1.26. The van der Waals surface area contributed by atoms with Gasteiger partial charge in [0.15, 0.2) is 6.04 Å². The number of nitrogens with zero attached hydrogens (tertiary/aromatic N) is 2. The number of para-hydroxylation sites is 1. The molecule has 0 aliphatic carbocycles. The zero-order chi connectivity index (χ0) is 15.2. The van der Waals surface area contributed by atoms with Gasteiger partial charge in [0.05, 0.1) is 6.61 Å². The van der Waals surface area contributed by atoms with E-state index in [2.05, 4.69) is 10.2 Å². The number of rotatable bonds is 4. The summed E-state index contributed by atoms with van der Waals surface area (Å²) in [5.41, 5.74) is 1.11. The molecule has 1 aliphatic rings. The van der Waals surface area contributed by atoms with Crippen molar-refractivity contribution >= 4 is 17.7 Å². The third-order valence-corrected chi connectivity index (χ3v) is 3.47. The van der Waals surface area contributed by atoms with Gasteiger partial charge in [-0.05, 0) is 12.1 Å². The maximum Gasteiger partial charge on any atom is 0.328 e. The average Bonchev–Trinajstić information content (AvgIpc) is 2.53. The van der Waals surface area contributed by atoms with Crippen LogP contribution in [-0.2, 0) is 4.79 Å². The second kappa shape index (κ2) is 6.94. The lowest BCUT2D eigenvalue weighted by Crippen LogP contribution is -2.55. The van der Waals surface area contributed by atoms with Gasteiger partial charge in [-0.1, -0.05) is 18.2 Å². The fourth-order valence-corrected chi connectivity index (χ4v) is 2.23. The van der Waals surface area contributed by atoms with Gasteiger partial charge in [0, 0.05) is 31.9 Å². The van der Waals surface area contributed by atoms with Crippen LogP contribution in [0.2, 0.25) is 0 Å². The summed E-state index contributed by atoms with van der Waals surface area (Å²) in [5, 5.41) is 20.0. The van der Waals surface area contributed by atoms with Crippen molar-refractivity contribution in [3.8, 4) is 0 Å². The molecule has 1 aromatic rings. The zero-order valence-corrected chi connectivity index (χ0v) is 11.6. The first-order valence-corrected chi connectivity index (χ1v) is 6.81. The minimum Gasteiger partial charge on any atom is -0.480 e. The lowest BCUT2D eigenvalue weighted by molar-refractivity contribution is -0.140. The Balaban J connectivity index is 1.86. The van der Waals surface area contributed by atoms with Crippen molar-refractivity contribution in [2.75, 3.05) is 37.7 Å². The van der Waals surface area contributed by atoms with Gasteiger partial charge in [-0.2, -0.15) is 0 Å². The first-order chi connectivity index (χ1) is 10.1. The number of amides is 2. The molecule has 0 unspecified atom stereocenters. The topological polar surface area (TPSA) is 93.1 Å². The number of anilines is 1. The predicted molar refractivity (Wildman–Crippen MR) is 77.3 cm³/mol. The van der Waals surface area contributed by atoms with Crippen molar-refractivity contribution in [3.05, 3.63) is 30.3 Å². The van der Waals surface area contributed by atoms with Gasteiger partial charge in [-0.3, -0.25) is 0 Å². The number of nitrogens with one attached hydrogen (secondary N) is 1. The maximum atomic E-state index is 11.9. The Morgan fingerprint density at radius 1 is 1.14 bits per heavy atom. The van der Waals surface area contributed by atoms with E-state index in [9.17, 15) is 9.59 Å². The molecule has 1 heterocycles. The SMILES string of the molecule is O=C(O)[C@H](CO)NC(=O)N1CCN(c2ccccc2)CC1. The number of aliphatic hydroxyl groups excluding tert-OH is 1. The molecule has 0 saturated carbocycles. The normalized spacial score (nSPS) is 16.4. The third kappa shape index (κ3) is 3.85. The Bertz CT molecular complexity index is 486. The highest BCUT2D eigenvalue weighted by molar-refractivity contribution is 5.82. The number of hydrogen-bond acceptors (Lipinski definition) is 4. The molecule has 0 bridgehead atoms. The third-order valence-electron chi connectivity index (χ3n) is 3.47. The summed E-state index contributed by atoms with van der Waals surface area (Å²) >= 11 is 0. The molecule has 0 radical (unpaired) electrons. The van der Waals surface area contributed by atoms with E-state index in [1.54, 1.807) is 4.90 Å². The average molecular weight is 293 g/mol. The summed E-state index contributed by atoms with van der Waals surface area (Å²) in [6, 6.07) is 8.20. The van der Waals surface area contributed by atoms with E-state index < -0.39 is 24.6 Å². The summed E-state index contributed by atoms with van der Waals surface area (Å²) < 4.78 is 0. The van der Waals surface area contributed by atoms with Gasteiger partial charge >= 0.3 is 12.0 Å². The molecule has 1 atom stereocenters. The van der Waals surface area contributed by atoms with Gasteiger partial charge < -0.3 is 25.3 Å². The Kier molecular flexibility index (Phi) is 4.99. The molecule has 0 aromatic heterocycles. The smallest absolute Gasteiger partial charge is 0.328 e. The Morgan fingerprint density at radius 3 is 2.29 bits per heavy atom. The van der Waals surface area contributed by atoms with Gasteiger partial charge in [0.25, 0.3) is 0 Å². The molecule has 114 valence electrons. The van der Waals surface area contributed by atoms with E-state index in [0.29, 0.717) is 26.2 Å². The Labute approximate surface area is 122 Å². The highest BCUT2D eigenvalue weighted by Gasteiger charge is 2.25. The van der Waals surface area contributed by atoms with Crippen LogP contribution in [0.3, 0.4) is 0 Å². The number of carboxylic acids is 1. The van der Waals surface area contributed by atoms with Crippen molar-refractivity contribution in [1.29, 1.82) is 0 Å². The number of carbonyl (C=O) groups is 2. The van der Waals surface area contributed by atoms with Crippen LogP contribution in [0.25, 0.3) is 0 Å². The van der Waals surface area contributed by atoms with E-state index in [0.717, 1.165) is 5.69 Å². The number of hydrogen-bond donors (Lipinski definition) is 3. The van der Waals surface area contributed by atoms with Crippen LogP contribution in [-0.4, -0.2) is 65.9 Å². The van der Waals surface area contributed by atoms with Crippen molar-refractivity contribution in [2.45, 2.75) is 6.04 Å². The summed E-state index contributed by atoms with van der Waals surface area (Å²) in [7, 11) is 0. The Hall–Kier alpha value is -2.28. The number of piperazine rings is 1. The molecule has 2 amide bonds.